The topological polar surface area (TPSA) is 47.6 Å². The molecule has 4 nitrogen and oxygen atoms in total. The van der Waals surface area contributed by atoms with Crippen LogP contribution in [0.2, 0.25) is 0 Å². The zero-order chi connectivity index (χ0) is 19.8. The molecule has 28 heavy (non-hydrogen) atoms. The highest BCUT2D eigenvalue weighted by molar-refractivity contribution is 5.94. The second-order valence-corrected chi connectivity index (χ2v) is 6.63. The van der Waals surface area contributed by atoms with Gasteiger partial charge in [-0.05, 0) is 43.0 Å². The van der Waals surface area contributed by atoms with Crippen molar-refractivity contribution in [2.45, 2.75) is 33.3 Å². The van der Waals surface area contributed by atoms with Gasteiger partial charge in [0.05, 0.1) is 6.61 Å². The van der Waals surface area contributed by atoms with Crippen LogP contribution >= 0.6 is 0 Å². The molecule has 0 aliphatic heterocycles. The minimum Gasteiger partial charge on any atom is -0.493 e. The number of fused-ring (bicyclic) bond motifs is 1. The normalized spacial score (nSPS) is 10.6. The van der Waals surface area contributed by atoms with E-state index in [2.05, 4.69) is 24.4 Å². The van der Waals surface area contributed by atoms with E-state index < -0.39 is 0 Å². The summed E-state index contributed by atoms with van der Waals surface area (Å²) < 4.78 is 11.8. The van der Waals surface area contributed by atoms with Crippen molar-refractivity contribution in [2.24, 2.45) is 0 Å². The number of nitrogens with one attached hydrogen (secondary N) is 1. The molecule has 1 amide bonds. The van der Waals surface area contributed by atoms with Crippen LogP contribution in [-0.4, -0.2) is 19.1 Å². The maximum absolute atomic E-state index is 12.4. The lowest BCUT2D eigenvalue weighted by atomic mass is 10.1. The van der Waals surface area contributed by atoms with Gasteiger partial charge in [0, 0.05) is 23.1 Å². The van der Waals surface area contributed by atoms with E-state index in [0.717, 1.165) is 40.7 Å². The lowest BCUT2D eigenvalue weighted by Crippen LogP contribution is -2.24. The maximum atomic E-state index is 12.4. The molecule has 146 valence electrons. The number of hydrogen-bond donors (Lipinski definition) is 1. The predicted molar refractivity (Wildman–Crippen MR) is 113 cm³/mol. The number of amides is 1. The van der Waals surface area contributed by atoms with Crippen LogP contribution in [0.4, 0.5) is 0 Å². The van der Waals surface area contributed by atoms with Crippen LogP contribution in [0.5, 0.6) is 11.5 Å². The van der Waals surface area contributed by atoms with E-state index in [1.54, 1.807) is 6.07 Å². The van der Waals surface area contributed by atoms with Crippen molar-refractivity contribution in [3.05, 3.63) is 71.8 Å². The Kier molecular flexibility index (Phi) is 6.90. The standard InChI is InChI=1S/C24H27NO3/c1-3-5-15-25-24(26)19-13-14-22(27-4-2)20(16-19)17-28-23-12-8-10-18-9-6-7-11-21(18)23/h6-14,16H,3-5,15,17H2,1-2H3,(H,25,26). The molecule has 3 aromatic rings. The van der Waals surface area contributed by atoms with Crippen LogP contribution in [0.25, 0.3) is 10.8 Å². The number of unbranched alkanes of at least 4 members (excludes halogenated alkanes) is 1. The van der Waals surface area contributed by atoms with Gasteiger partial charge in [-0.15, -0.1) is 0 Å². The van der Waals surface area contributed by atoms with Crippen molar-refractivity contribution in [2.75, 3.05) is 13.2 Å². The Morgan fingerprint density at radius 3 is 2.57 bits per heavy atom. The summed E-state index contributed by atoms with van der Waals surface area (Å²) in [5.74, 6) is 1.49. The molecule has 3 aromatic carbocycles. The summed E-state index contributed by atoms with van der Waals surface area (Å²) in [5.41, 5.74) is 1.48. The largest absolute Gasteiger partial charge is 0.493 e. The molecule has 0 aliphatic rings. The molecule has 0 bridgehead atoms. The average molecular weight is 377 g/mol. The zero-order valence-electron chi connectivity index (χ0n) is 16.5. The van der Waals surface area contributed by atoms with E-state index in [1.807, 2.05) is 49.4 Å². The molecule has 0 heterocycles. The molecule has 3 rings (SSSR count). The SMILES string of the molecule is CCCCNC(=O)c1ccc(OCC)c(COc2cccc3ccccc23)c1. The third-order valence-electron chi connectivity index (χ3n) is 4.57. The molecule has 0 fully saturated rings. The van der Waals surface area contributed by atoms with E-state index in [0.29, 0.717) is 25.3 Å². The van der Waals surface area contributed by atoms with Crippen LogP contribution in [0.3, 0.4) is 0 Å². The average Bonchev–Trinajstić information content (AvgIpc) is 2.73. The Morgan fingerprint density at radius 1 is 0.929 bits per heavy atom. The molecule has 0 saturated heterocycles. The first-order valence-electron chi connectivity index (χ1n) is 9.87. The highest BCUT2D eigenvalue weighted by Gasteiger charge is 2.12. The first-order valence-corrected chi connectivity index (χ1v) is 9.87. The number of carbonyl (C=O) groups is 1. The highest BCUT2D eigenvalue weighted by Crippen LogP contribution is 2.28. The fraction of sp³-hybridized carbons (Fsp3) is 0.292. The lowest BCUT2D eigenvalue weighted by Gasteiger charge is -2.14. The van der Waals surface area contributed by atoms with Crippen molar-refractivity contribution in [3.63, 3.8) is 0 Å². The van der Waals surface area contributed by atoms with Crippen LogP contribution in [0.15, 0.2) is 60.7 Å². The van der Waals surface area contributed by atoms with Gasteiger partial charge in [-0.1, -0.05) is 49.7 Å². The molecular formula is C24H27NO3. The Morgan fingerprint density at radius 2 is 1.75 bits per heavy atom. The second kappa shape index (κ2) is 9.79. The Hall–Kier alpha value is -3.01. The molecule has 0 aliphatic carbocycles. The highest BCUT2D eigenvalue weighted by atomic mass is 16.5. The van der Waals surface area contributed by atoms with Crippen molar-refractivity contribution in [1.82, 2.24) is 5.32 Å². The van der Waals surface area contributed by atoms with Crippen molar-refractivity contribution >= 4 is 16.7 Å². The molecule has 4 heteroatoms. The third-order valence-corrected chi connectivity index (χ3v) is 4.57. The Balaban J connectivity index is 1.80. The molecule has 1 N–H and O–H groups in total. The van der Waals surface area contributed by atoms with Gasteiger partial charge in [-0.2, -0.15) is 0 Å². The summed E-state index contributed by atoms with van der Waals surface area (Å²) in [7, 11) is 0. The van der Waals surface area contributed by atoms with E-state index >= 15 is 0 Å². The monoisotopic (exact) mass is 377 g/mol. The number of carbonyl (C=O) groups excluding carboxylic acids is 1. The minimum absolute atomic E-state index is 0.0668. The van der Waals surface area contributed by atoms with Crippen molar-refractivity contribution < 1.29 is 14.3 Å². The Labute approximate surface area is 166 Å². The van der Waals surface area contributed by atoms with E-state index in [1.165, 1.54) is 0 Å². The first kappa shape index (κ1) is 19.7. The van der Waals surface area contributed by atoms with Crippen LogP contribution in [-0.2, 0) is 6.61 Å². The van der Waals surface area contributed by atoms with E-state index in [-0.39, 0.29) is 5.91 Å². The quantitative estimate of drug-likeness (QED) is 0.512. The summed E-state index contributed by atoms with van der Waals surface area (Å²) in [6, 6.07) is 19.6. The minimum atomic E-state index is -0.0668. The summed E-state index contributed by atoms with van der Waals surface area (Å²) in [6.07, 6.45) is 2.02. The molecule has 0 atom stereocenters. The number of rotatable bonds is 9. The lowest BCUT2D eigenvalue weighted by molar-refractivity contribution is 0.0953. The zero-order valence-corrected chi connectivity index (χ0v) is 16.5. The van der Waals surface area contributed by atoms with Crippen LogP contribution < -0.4 is 14.8 Å². The first-order chi connectivity index (χ1) is 13.7. The fourth-order valence-corrected chi connectivity index (χ4v) is 3.09. The molecule has 0 spiro atoms. The Bertz CT molecular complexity index is 931. The predicted octanol–water partition coefficient (Wildman–Crippen LogP) is 5.35. The summed E-state index contributed by atoms with van der Waals surface area (Å²) in [5, 5.41) is 5.16. The van der Waals surface area contributed by atoms with Gasteiger partial charge in [-0.25, -0.2) is 0 Å². The van der Waals surface area contributed by atoms with Crippen LogP contribution in [0, 0.1) is 0 Å². The second-order valence-electron chi connectivity index (χ2n) is 6.63. The number of benzene rings is 3. The molecule has 0 aromatic heterocycles. The molecule has 0 saturated carbocycles. The molecule has 0 unspecified atom stereocenters. The van der Waals surface area contributed by atoms with Gasteiger partial charge < -0.3 is 14.8 Å². The van der Waals surface area contributed by atoms with Crippen molar-refractivity contribution in [1.29, 1.82) is 0 Å². The van der Waals surface area contributed by atoms with Gasteiger partial charge in [0.25, 0.3) is 5.91 Å². The summed E-state index contributed by atoms with van der Waals surface area (Å²) in [4.78, 5) is 12.4. The molecular weight excluding hydrogens is 350 g/mol. The van der Waals surface area contributed by atoms with Gasteiger partial charge in [0.1, 0.15) is 18.1 Å². The maximum Gasteiger partial charge on any atom is 0.251 e. The van der Waals surface area contributed by atoms with Crippen LogP contribution in [0.1, 0.15) is 42.6 Å². The van der Waals surface area contributed by atoms with Gasteiger partial charge in [0.2, 0.25) is 0 Å². The number of hydrogen-bond acceptors (Lipinski definition) is 3. The van der Waals surface area contributed by atoms with Gasteiger partial charge >= 0.3 is 0 Å². The van der Waals surface area contributed by atoms with Gasteiger partial charge in [-0.3, -0.25) is 4.79 Å². The smallest absolute Gasteiger partial charge is 0.251 e. The number of ether oxygens (including phenoxy) is 2. The summed E-state index contributed by atoms with van der Waals surface area (Å²) in [6.45, 7) is 5.62. The summed E-state index contributed by atoms with van der Waals surface area (Å²) >= 11 is 0. The molecule has 0 radical (unpaired) electrons. The van der Waals surface area contributed by atoms with Gasteiger partial charge in [0.15, 0.2) is 0 Å². The van der Waals surface area contributed by atoms with E-state index in [9.17, 15) is 4.79 Å². The fourth-order valence-electron chi connectivity index (χ4n) is 3.09. The third kappa shape index (κ3) is 4.83. The van der Waals surface area contributed by atoms with E-state index in [4.69, 9.17) is 9.47 Å². The van der Waals surface area contributed by atoms with Crippen molar-refractivity contribution in [3.8, 4) is 11.5 Å².